The van der Waals surface area contributed by atoms with Crippen LogP contribution in [0.1, 0.15) is 12.5 Å². The molecule has 0 unspecified atom stereocenters. The highest BCUT2D eigenvalue weighted by molar-refractivity contribution is 7.18. The Labute approximate surface area is 200 Å². The maximum absolute atomic E-state index is 14.0. The number of rotatable bonds is 4. The number of aliphatic carboxylic acids is 1. The molecule has 11 heteroatoms. The van der Waals surface area contributed by atoms with Crippen LogP contribution in [0.2, 0.25) is 0 Å². The van der Waals surface area contributed by atoms with Crippen molar-refractivity contribution >= 4 is 28.1 Å². The van der Waals surface area contributed by atoms with Crippen molar-refractivity contribution in [3.63, 3.8) is 0 Å². The summed E-state index contributed by atoms with van der Waals surface area (Å²) in [6.07, 6.45) is -1.33. The van der Waals surface area contributed by atoms with Crippen LogP contribution in [0.3, 0.4) is 0 Å². The van der Waals surface area contributed by atoms with Gasteiger partial charge >= 0.3 is 12.1 Å². The number of anilines is 2. The SMILES string of the molecule is CC1=C2C(=CC=C(C(=O)O)N2c2cccc(F)c2)N(c2nnc(-c3ccc(C(F)(F)F)cc3)s2)C1. The lowest BCUT2D eigenvalue weighted by Crippen LogP contribution is -2.32. The Bertz CT molecular complexity index is 1420. The molecule has 5 rings (SSSR count). The highest BCUT2D eigenvalue weighted by Gasteiger charge is 2.37. The molecule has 0 amide bonds. The second kappa shape index (κ2) is 8.35. The Kier molecular flexibility index (Phi) is 5.43. The van der Waals surface area contributed by atoms with Crippen LogP contribution in [-0.2, 0) is 11.0 Å². The number of allylic oxidation sites excluding steroid dienone is 2. The number of hydrogen-bond donors (Lipinski definition) is 1. The van der Waals surface area contributed by atoms with Gasteiger partial charge in [-0.3, -0.25) is 0 Å². The molecule has 2 aliphatic rings. The number of nitrogens with zero attached hydrogens (tertiary/aromatic N) is 4. The van der Waals surface area contributed by atoms with Crippen molar-refractivity contribution in [3.05, 3.63) is 94.7 Å². The minimum Gasteiger partial charge on any atom is -0.477 e. The minimum absolute atomic E-state index is 0.0294. The lowest BCUT2D eigenvalue weighted by Gasteiger charge is -2.31. The summed E-state index contributed by atoms with van der Waals surface area (Å²) in [6.45, 7) is 2.23. The second-order valence-corrected chi connectivity index (χ2v) is 8.86. The van der Waals surface area contributed by atoms with Gasteiger partial charge in [-0.1, -0.05) is 29.5 Å². The van der Waals surface area contributed by atoms with E-state index in [-0.39, 0.29) is 5.70 Å². The number of carboxylic acids is 1. The fourth-order valence-electron chi connectivity index (χ4n) is 4.03. The van der Waals surface area contributed by atoms with Gasteiger partial charge in [-0.2, -0.15) is 13.2 Å². The number of aromatic nitrogens is 2. The first-order valence-corrected chi connectivity index (χ1v) is 11.1. The molecule has 0 saturated heterocycles. The van der Waals surface area contributed by atoms with E-state index in [0.29, 0.717) is 39.3 Å². The molecule has 3 heterocycles. The summed E-state index contributed by atoms with van der Waals surface area (Å²) < 4.78 is 52.6. The molecule has 35 heavy (non-hydrogen) atoms. The molecule has 1 aromatic heterocycles. The maximum atomic E-state index is 14.0. The van der Waals surface area contributed by atoms with Crippen molar-refractivity contribution in [1.29, 1.82) is 0 Å². The highest BCUT2D eigenvalue weighted by Crippen LogP contribution is 2.43. The monoisotopic (exact) mass is 500 g/mol. The van der Waals surface area contributed by atoms with E-state index in [1.54, 1.807) is 12.1 Å². The zero-order valence-corrected chi connectivity index (χ0v) is 18.9. The van der Waals surface area contributed by atoms with Gasteiger partial charge in [0.15, 0.2) is 0 Å². The molecule has 2 aliphatic heterocycles. The van der Waals surface area contributed by atoms with Gasteiger partial charge in [0, 0.05) is 17.8 Å². The lowest BCUT2D eigenvalue weighted by atomic mass is 10.1. The maximum Gasteiger partial charge on any atom is 0.416 e. The molecule has 178 valence electrons. The van der Waals surface area contributed by atoms with Crippen molar-refractivity contribution in [2.24, 2.45) is 0 Å². The fraction of sp³-hybridized carbons (Fsp3) is 0.125. The first-order chi connectivity index (χ1) is 16.6. The molecule has 0 aliphatic carbocycles. The van der Waals surface area contributed by atoms with Crippen molar-refractivity contribution < 1.29 is 27.5 Å². The van der Waals surface area contributed by atoms with Crippen molar-refractivity contribution in [2.75, 3.05) is 16.3 Å². The number of benzene rings is 2. The first-order valence-electron chi connectivity index (χ1n) is 10.3. The average molecular weight is 500 g/mol. The number of hydrogen-bond acceptors (Lipinski definition) is 6. The largest absolute Gasteiger partial charge is 0.477 e. The molecule has 3 aromatic rings. The molecule has 0 spiro atoms. The van der Waals surface area contributed by atoms with Gasteiger partial charge in [-0.05, 0) is 55.0 Å². The Morgan fingerprint density at radius 1 is 1.09 bits per heavy atom. The summed E-state index contributed by atoms with van der Waals surface area (Å²) in [5.41, 5.74) is 2.17. The molecule has 0 bridgehead atoms. The number of alkyl halides is 3. The number of fused-ring (bicyclic) bond motifs is 1. The molecule has 1 N–H and O–H groups in total. The zero-order valence-electron chi connectivity index (χ0n) is 18.0. The van der Waals surface area contributed by atoms with Gasteiger partial charge in [-0.15, -0.1) is 10.2 Å². The third-order valence-electron chi connectivity index (χ3n) is 5.59. The topological polar surface area (TPSA) is 69.6 Å². The van der Waals surface area contributed by atoms with E-state index in [1.165, 1.54) is 52.6 Å². The zero-order chi connectivity index (χ0) is 24.9. The van der Waals surface area contributed by atoms with Gasteiger partial charge < -0.3 is 14.9 Å². The third-order valence-corrected chi connectivity index (χ3v) is 6.58. The lowest BCUT2D eigenvalue weighted by molar-refractivity contribution is -0.137. The highest BCUT2D eigenvalue weighted by atomic mass is 32.1. The summed E-state index contributed by atoms with van der Waals surface area (Å²) in [4.78, 5) is 15.3. The molecule has 0 saturated carbocycles. The fourth-order valence-corrected chi connectivity index (χ4v) is 4.90. The molecule has 2 aromatic carbocycles. The van der Waals surface area contributed by atoms with E-state index in [9.17, 15) is 27.5 Å². The quantitative estimate of drug-likeness (QED) is 0.455. The van der Waals surface area contributed by atoms with Gasteiger partial charge in [-0.25, -0.2) is 9.18 Å². The predicted octanol–water partition coefficient (Wildman–Crippen LogP) is 5.83. The van der Waals surface area contributed by atoms with Crippen LogP contribution in [0.4, 0.5) is 28.4 Å². The van der Waals surface area contributed by atoms with Crippen LogP contribution in [0, 0.1) is 5.82 Å². The van der Waals surface area contributed by atoms with E-state index in [2.05, 4.69) is 10.2 Å². The summed E-state index contributed by atoms with van der Waals surface area (Å²) in [5.74, 6) is -1.66. The number of carbonyl (C=O) groups is 1. The summed E-state index contributed by atoms with van der Waals surface area (Å²) >= 11 is 1.20. The van der Waals surface area contributed by atoms with Gasteiger partial charge in [0.05, 0.1) is 17.0 Å². The average Bonchev–Trinajstić information content (AvgIpc) is 3.43. The number of halogens is 4. The van der Waals surface area contributed by atoms with E-state index in [0.717, 1.165) is 17.7 Å². The van der Waals surface area contributed by atoms with E-state index in [4.69, 9.17) is 0 Å². The summed E-state index contributed by atoms with van der Waals surface area (Å²) in [5, 5.41) is 19.1. The van der Waals surface area contributed by atoms with Crippen LogP contribution >= 0.6 is 11.3 Å². The molecule has 0 fully saturated rings. The minimum atomic E-state index is -4.43. The Morgan fingerprint density at radius 2 is 1.83 bits per heavy atom. The van der Waals surface area contributed by atoms with Crippen LogP contribution in [0.25, 0.3) is 10.6 Å². The van der Waals surface area contributed by atoms with Crippen LogP contribution < -0.4 is 9.80 Å². The Balaban J connectivity index is 1.50. The van der Waals surface area contributed by atoms with Crippen LogP contribution in [-0.4, -0.2) is 27.8 Å². The normalized spacial score (nSPS) is 15.8. The van der Waals surface area contributed by atoms with Gasteiger partial charge in [0.1, 0.15) is 16.5 Å². The first kappa shape index (κ1) is 22.8. The molecule has 0 radical (unpaired) electrons. The van der Waals surface area contributed by atoms with E-state index in [1.807, 2.05) is 11.8 Å². The molecule has 0 atom stereocenters. The Hall–Kier alpha value is -3.99. The standard InChI is InChI=1S/C24H16F4N4O2S/c1-13-12-31(23-30-29-21(35-23)14-5-7-15(8-6-14)24(26,27)28)18-9-10-19(22(33)34)32(20(13)18)17-4-2-3-16(25)11-17/h2-11H,12H2,1H3,(H,33,34). The van der Waals surface area contributed by atoms with Crippen molar-refractivity contribution in [3.8, 4) is 10.6 Å². The van der Waals surface area contributed by atoms with Gasteiger partial charge in [0.25, 0.3) is 0 Å². The van der Waals surface area contributed by atoms with Crippen molar-refractivity contribution in [1.82, 2.24) is 10.2 Å². The second-order valence-electron chi connectivity index (χ2n) is 7.90. The summed E-state index contributed by atoms with van der Waals surface area (Å²) in [6, 6.07) is 10.4. The molecular formula is C24H16F4N4O2S. The van der Waals surface area contributed by atoms with Gasteiger partial charge in [0.2, 0.25) is 5.13 Å². The van der Waals surface area contributed by atoms with Crippen LogP contribution in [0.15, 0.2) is 83.3 Å². The van der Waals surface area contributed by atoms with Crippen LogP contribution in [0.5, 0.6) is 0 Å². The summed E-state index contributed by atoms with van der Waals surface area (Å²) in [7, 11) is 0. The molecule has 6 nitrogen and oxygen atoms in total. The number of carboxylic acid groups (broad SMARTS) is 1. The third kappa shape index (κ3) is 4.08. The van der Waals surface area contributed by atoms with Crippen molar-refractivity contribution in [2.45, 2.75) is 13.1 Å². The smallest absolute Gasteiger partial charge is 0.416 e. The Morgan fingerprint density at radius 3 is 2.49 bits per heavy atom. The van der Waals surface area contributed by atoms with E-state index >= 15 is 0 Å². The predicted molar refractivity (Wildman–Crippen MR) is 123 cm³/mol. The van der Waals surface area contributed by atoms with E-state index < -0.39 is 23.5 Å². The molecular weight excluding hydrogens is 484 g/mol.